The first-order valence-corrected chi connectivity index (χ1v) is 10.2. The molecule has 2 aromatic rings. The van der Waals surface area contributed by atoms with Gasteiger partial charge < -0.3 is 24.3 Å². The third kappa shape index (κ3) is 5.93. The van der Waals surface area contributed by atoms with Crippen LogP contribution in [0.2, 0.25) is 0 Å². The van der Waals surface area contributed by atoms with Crippen LogP contribution in [0, 0.1) is 6.92 Å². The fourth-order valence-electron chi connectivity index (χ4n) is 3.26. The van der Waals surface area contributed by atoms with Gasteiger partial charge in [0.2, 0.25) is 0 Å². The molecule has 1 aliphatic rings. The first kappa shape index (κ1) is 21.1. The van der Waals surface area contributed by atoms with E-state index >= 15 is 0 Å². The van der Waals surface area contributed by atoms with E-state index in [1.807, 2.05) is 44.6 Å². The highest BCUT2D eigenvalue weighted by Gasteiger charge is 2.17. The van der Waals surface area contributed by atoms with Gasteiger partial charge in [0.05, 0.1) is 12.7 Å². The van der Waals surface area contributed by atoms with Gasteiger partial charge in [-0.25, -0.2) is 4.99 Å². The third-order valence-corrected chi connectivity index (χ3v) is 5.08. The van der Waals surface area contributed by atoms with Crippen LogP contribution in [0.15, 0.2) is 29.3 Å². The summed E-state index contributed by atoms with van der Waals surface area (Å²) >= 11 is 0. The lowest BCUT2D eigenvalue weighted by Gasteiger charge is -2.24. The Hall–Kier alpha value is -2.61. The zero-order valence-corrected chi connectivity index (χ0v) is 17.9. The Balaban J connectivity index is 1.67. The highest BCUT2D eigenvalue weighted by atomic mass is 16.5. The van der Waals surface area contributed by atoms with Crippen LogP contribution in [0.5, 0.6) is 5.75 Å². The molecule has 3 rings (SSSR count). The molecular weight excluding hydrogens is 368 g/mol. The molecule has 8 heteroatoms. The van der Waals surface area contributed by atoms with E-state index in [0.29, 0.717) is 13.2 Å². The predicted molar refractivity (Wildman–Crippen MR) is 113 cm³/mol. The molecule has 0 saturated carbocycles. The third-order valence-electron chi connectivity index (χ3n) is 5.08. The maximum absolute atomic E-state index is 5.75. The highest BCUT2D eigenvalue weighted by molar-refractivity contribution is 5.79. The topological polar surface area (TPSA) is 76.8 Å². The summed E-state index contributed by atoms with van der Waals surface area (Å²) in [6, 6.07) is 8.19. The Kier molecular flexibility index (Phi) is 7.46. The maximum Gasteiger partial charge on any atom is 0.194 e. The van der Waals surface area contributed by atoms with E-state index < -0.39 is 0 Å². The van der Waals surface area contributed by atoms with Crippen LogP contribution in [0.4, 0.5) is 0 Å². The summed E-state index contributed by atoms with van der Waals surface area (Å²) in [6.07, 6.45) is 2.46. The summed E-state index contributed by atoms with van der Waals surface area (Å²) in [4.78, 5) is 6.92. The van der Waals surface area contributed by atoms with Crippen molar-refractivity contribution in [3.63, 3.8) is 0 Å². The molecule has 0 radical (unpaired) electrons. The van der Waals surface area contributed by atoms with Crippen LogP contribution in [0.25, 0.3) is 0 Å². The molecule has 1 N–H and O–H groups in total. The monoisotopic (exact) mass is 400 g/mol. The predicted octanol–water partition coefficient (Wildman–Crippen LogP) is 2.28. The van der Waals surface area contributed by atoms with Gasteiger partial charge in [-0.1, -0.05) is 12.1 Å². The second-order valence-corrected chi connectivity index (χ2v) is 7.31. The van der Waals surface area contributed by atoms with Gasteiger partial charge in [-0.2, -0.15) is 0 Å². The largest absolute Gasteiger partial charge is 0.494 e. The second-order valence-electron chi connectivity index (χ2n) is 7.31. The quantitative estimate of drug-likeness (QED) is 0.541. The zero-order chi connectivity index (χ0) is 20.6. The van der Waals surface area contributed by atoms with Gasteiger partial charge in [0.15, 0.2) is 11.8 Å². The molecule has 0 amide bonds. The van der Waals surface area contributed by atoms with Crippen LogP contribution in [-0.4, -0.2) is 58.5 Å². The molecule has 0 aliphatic carbocycles. The molecule has 1 atom stereocenters. The minimum Gasteiger partial charge on any atom is -0.494 e. The summed E-state index contributed by atoms with van der Waals surface area (Å²) in [5, 5.41) is 11.8. The number of aromatic nitrogens is 3. The molecule has 158 valence electrons. The summed E-state index contributed by atoms with van der Waals surface area (Å²) in [5.41, 5.74) is 1.19. The van der Waals surface area contributed by atoms with Crippen molar-refractivity contribution in [3.8, 4) is 5.75 Å². The van der Waals surface area contributed by atoms with Crippen molar-refractivity contribution in [1.29, 1.82) is 0 Å². The summed E-state index contributed by atoms with van der Waals surface area (Å²) in [6.45, 7) is 7.41. The summed E-state index contributed by atoms with van der Waals surface area (Å²) in [7, 11) is 4.00. The lowest BCUT2D eigenvalue weighted by molar-refractivity contribution is 0.113. The van der Waals surface area contributed by atoms with Gasteiger partial charge in [0.25, 0.3) is 0 Å². The van der Waals surface area contributed by atoms with Gasteiger partial charge in [-0.15, -0.1) is 10.2 Å². The Bertz CT molecular complexity index is 796. The summed E-state index contributed by atoms with van der Waals surface area (Å²) in [5.74, 6) is 3.44. The van der Waals surface area contributed by atoms with Gasteiger partial charge in [-0.3, -0.25) is 0 Å². The minimum absolute atomic E-state index is 0.246. The van der Waals surface area contributed by atoms with E-state index in [1.54, 1.807) is 0 Å². The van der Waals surface area contributed by atoms with Crippen molar-refractivity contribution in [3.05, 3.63) is 41.5 Å². The van der Waals surface area contributed by atoms with Gasteiger partial charge in [0.1, 0.15) is 18.1 Å². The molecule has 1 fully saturated rings. The van der Waals surface area contributed by atoms with Gasteiger partial charge in [0, 0.05) is 33.8 Å². The molecule has 8 nitrogen and oxygen atoms in total. The molecule has 29 heavy (non-hydrogen) atoms. The van der Waals surface area contributed by atoms with Gasteiger partial charge >= 0.3 is 0 Å². The average Bonchev–Trinajstić information content (AvgIpc) is 3.35. The van der Waals surface area contributed by atoms with E-state index in [1.165, 1.54) is 5.56 Å². The molecule has 2 heterocycles. The van der Waals surface area contributed by atoms with E-state index in [2.05, 4.69) is 32.5 Å². The first-order valence-electron chi connectivity index (χ1n) is 10.2. The van der Waals surface area contributed by atoms with Crippen molar-refractivity contribution in [2.75, 3.05) is 26.8 Å². The van der Waals surface area contributed by atoms with E-state index in [0.717, 1.165) is 55.9 Å². The highest BCUT2D eigenvalue weighted by Crippen LogP contribution is 2.14. The zero-order valence-electron chi connectivity index (χ0n) is 17.9. The van der Waals surface area contributed by atoms with Crippen molar-refractivity contribution in [2.45, 2.75) is 45.9 Å². The molecule has 1 aliphatic heterocycles. The van der Waals surface area contributed by atoms with Crippen LogP contribution >= 0.6 is 0 Å². The fraction of sp³-hybridized carbons (Fsp3) is 0.571. The minimum atomic E-state index is 0.246. The molecule has 0 spiro atoms. The lowest BCUT2D eigenvalue weighted by Crippen LogP contribution is -2.42. The number of guanidine groups is 1. The molecule has 1 aromatic heterocycles. The smallest absolute Gasteiger partial charge is 0.194 e. The number of hydrogen-bond donors (Lipinski definition) is 1. The fourth-order valence-corrected chi connectivity index (χ4v) is 3.26. The van der Waals surface area contributed by atoms with Crippen molar-refractivity contribution in [1.82, 2.24) is 25.0 Å². The molecular formula is C21H32N6O2. The number of nitrogens with one attached hydrogen (secondary N) is 1. The molecule has 1 unspecified atom stereocenters. The average molecular weight is 401 g/mol. The first-order chi connectivity index (χ1) is 14.1. The van der Waals surface area contributed by atoms with Crippen LogP contribution in [0.1, 0.15) is 37.0 Å². The van der Waals surface area contributed by atoms with Crippen molar-refractivity contribution >= 4 is 5.96 Å². The Morgan fingerprint density at radius 1 is 1.34 bits per heavy atom. The van der Waals surface area contributed by atoms with Crippen LogP contribution < -0.4 is 10.1 Å². The van der Waals surface area contributed by atoms with Crippen molar-refractivity contribution in [2.24, 2.45) is 12.0 Å². The van der Waals surface area contributed by atoms with Gasteiger partial charge in [-0.05, 0) is 44.4 Å². The number of benzene rings is 1. The second kappa shape index (κ2) is 10.2. The standard InChI is InChI=1S/C21H32N6O2/c1-5-28-18-10-8-17(9-11-18)15-26(3)21(22-13-19-7-6-12-29-19)23-14-20-25-24-16(2)27(20)4/h8-11,19H,5-7,12-15H2,1-4H3,(H,22,23). The number of aliphatic imine (C=N–C) groups is 1. The molecule has 0 bridgehead atoms. The number of hydrogen-bond acceptors (Lipinski definition) is 5. The molecule has 1 aromatic carbocycles. The SMILES string of the molecule is CCOc1ccc(CN(C)C(=NCc2nnc(C)n2C)NCC2CCCO2)cc1. The Labute approximate surface area is 172 Å². The number of aryl methyl sites for hydroxylation is 1. The van der Waals surface area contributed by atoms with E-state index in [9.17, 15) is 0 Å². The van der Waals surface area contributed by atoms with E-state index in [4.69, 9.17) is 14.5 Å². The maximum atomic E-state index is 5.75. The summed E-state index contributed by atoms with van der Waals surface area (Å²) < 4.78 is 13.2. The molecule has 1 saturated heterocycles. The normalized spacial score (nSPS) is 16.8. The number of ether oxygens (including phenoxy) is 2. The Morgan fingerprint density at radius 3 is 2.76 bits per heavy atom. The van der Waals surface area contributed by atoms with E-state index in [-0.39, 0.29) is 6.10 Å². The van der Waals surface area contributed by atoms with Crippen LogP contribution in [-0.2, 0) is 24.9 Å². The number of nitrogens with zero attached hydrogens (tertiary/aromatic N) is 5. The lowest BCUT2D eigenvalue weighted by atomic mass is 10.2. The number of rotatable bonds is 8. The van der Waals surface area contributed by atoms with Crippen LogP contribution in [0.3, 0.4) is 0 Å². The Morgan fingerprint density at radius 2 is 2.14 bits per heavy atom. The van der Waals surface area contributed by atoms with Crippen molar-refractivity contribution < 1.29 is 9.47 Å².